The quantitative estimate of drug-likeness (QED) is 0.707. The van der Waals surface area contributed by atoms with Gasteiger partial charge in [-0.15, -0.1) is 0 Å². The van der Waals surface area contributed by atoms with Crippen molar-refractivity contribution >= 4 is 11.5 Å². The molecule has 3 aromatic rings. The monoisotopic (exact) mass is 352 g/mol. The van der Waals surface area contributed by atoms with Crippen LogP contribution in [0.15, 0.2) is 42.5 Å². The summed E-state index contributed by atoms with van der Waals surface area (Å²) in [6, 6.07) is 14.4. The maximum atomic E-state index is 5.90. The molecule has 0 amide bonds. The summed E-state index contributed by atoms with van der Waals surface area (Å²) in [7, 11) is 1.73. The van der Waals surface area contributed by atoms with E-state index < -0.39 is 0 Å². The molecule has 0 saturated carbocycles. The Balaban J connectivity index is 1.73. The van der Waals surface area contributed by atoms with Crippen molar-refractivity contribution in [3.63, 3.8) is 0 Å². The zero-order valence-electron chi connectivity index (χ0n) is 15.3. The summed E-state index contributed by atoms with van der Waals surface area (Å²) in [6.07, 6.45) is 1.06. The fourth-order valence-electron chi connectivity index (χ4n) is 3.41. The Kier molecular flexibility index (Phi) is 4.86. The van der Waals surface area contributed by atoms with Crippen LogP contribution < -0.4 is 4.90 Å². The second kappa shape index (κ2) is 7.43. The van der Waals surface area contributed by atoms with Gasteiger partial charge in [0.15, 0.2) is 5.65 Å². The van der Waals surface area contributed by atoms with Gasteiger partial charge in [-0.25, -0.2) is 4.98 Å². The highest BCUT2D eigenvalue weighted by Crippen LogP contribution is 2.26. The molecule has 0 bridgehead atoms. The minimum atomic E-state index is 0.170. The first-order valence-electron chi connectivity index (χ1n) is 9.03. The molecule has 6 nitrogen and oxygen atoms in total. The van der Waals surface area contributed by atoms with Crippen molar-refractivity contribution in [3.8, 4) is 11.3 Å². The number of rotatable bonds is 5. The molecule has 1 aromatic carbocycles. The maximum Gasteiger partial charge on any atom is 0.158 e. The molecule has 136 valence electrons. The van der Waals surface area contributed by atoms with Crippen molar-refractivity contribution in [3.05, 3.63) is 48.2 Å². The predicted molar refractivity (Wildman–Crippen MR) is 102 cm³/mol. The summed E-state index contributed by atoms with van der Waals surface area (Å²) in [4.78, 5) is 7.16. The first-order valence-corrected chi connectivity index (χ1v) is 9.03. The van der Waals surface area contributed by atoms with E-state index in [1.54, 1.807) is 7.11 Å². The topological polar surface area (TPSA) is 51.9 Å². The van der Waals surface area contributed by atoms with Gasteiger partial charge in [0.2, 0.25) is 0 Å². The average molecular weight is 352 g/mol. The van der Waals surface area contributed by atoms with Crippen LogP contribution in [0.3, 0.4) is 0 Å². The van der Waals surface area contributed by atoms with Gasteiger partial charge in [0.25, 0.3) is 0 Å². The first kappa shape index (κ1) is 17.0. The van der Waals surface area contributed by atoms with Crippen LogP contribution in [-0.4, -0.2) is 54.1 Å². The Morgan fingerprint density at radius 1 is 1.23 bits per heavy atom. The van der Waals surface area contributed by atoms with E-state index in [1.807, 2.05) is 35.7 Å². The largest absolute Gasteiger partial charge is 0.385 e. The van der Waals surface area contributed by atoms with E-state index >= 15 is 0 Å². The third kappa shape index (κ3) is 3.43. The molecule has 1 aliphatic rings. The summed E-state index contributed by atoms with van der Waals surface area (Å²) in [5.41, 5.74) is 3.92. The molecule has 3 heterocycles. The molecule has 6 heteroatoms. The van der Waals surface area contributed by atoms with Crippen LogP contribution in [0, 0.1) is 6.92 Å². The zero-order chi connectivity index (χ0) is 17.9. The predicted octanol–water partition coefficient (Wildman–Crippen LogP) is 2.95. The van der Waals surface area contributed by atoms with Crippen LogP contribution in [0.4, 0.5) is 5.82 Å². The number of fused-ring (bicyclic) bond motifs is 1. The Bertz CT molecular complexity index is 878. The lowest BCUT2D eigenvalue weighted by molar-refractivity contribution is 0.0188. The van der Waals surface area contributed by atoms with Crippen molar-refractivity contribution in [2.24, 2.45) is 0 Å². The molecule has 0 spiro atoms. The number of hydrogen-bond acceptors (Lipinski definition) is 5. The summed E-state index contributed by atoms with van der Waals surface area (Å²) in [6.45, 7) is 5.09. The molecular formula is C20H24N4O2. The second-order valence-corrected chi connectivity index (χ2v) is 6.64. The fourth-order valence-corrected chi connectivity index (χ4v) is 3.41. The van der Waals surface area contributed by atoms with Gasteiger partial charge < -0.3 is 14.4 Å². The number of anilines is 1. The van der Waals surface area contributed by atoms with E-state index in [0.717, 1.165) is 47.9 Å². The van der Waals surface area contributed by atoms with E-state index in [4.69, 9.17) is 14.5 Å². The lowest BCUT2D eigenvalue weighted by Gasteiger charge is -2.34. The zero-order valence-corrected chi connectivity index (χ0v) is 15.3. The number of aryl methyl sites for hydroxylation is 1. The van der Waals surface area contributed by atoms with Crippen LogP contribution in [0.2, 0.25) is 0 Å². The van der Waals surface area contributed by atoms with E-state index in [-0.39, 0.29) is 6.10 Å². The highest BCUT2D eigenvalue weighted by Gasteiger charge is 2.23. The molecule has 26 heavy (non-hydrogen) atoms. The fraction of sp³-hybridized carbons (Fsp3) is 0.400. The summed E-state index contributed by atoms with van der Waals surface area (Å²) >= 11 is 0. The molecule has 0 N–H and O–H groups in total. The van der Waals surface area contributed by atoms with Crippen LogP contribution in [-0.2, 0) is 9.47 Å². The average Bonchev–Trinajstić information content (AvgIpc) is 3.06. The number of methoxy groups -OCH3 is 1. The Morgan fingerprint density at radius 2 is 2.08 bits per heavy atom. The smallest absolute Gasteiger partial charge is 0.158 e. The molecule has 0 aliphatic carbocycles. The molecule has 1 fully saturated rings. The minimum absolute atomic E-state index is 0.170. The normalized spacial score (nSPS) is 17.8. The van der Waals surface area contributed by atoms with E-state index in [0.29, 0.717) is 13.2 Å². The van der Waals surface area contributed by atoms with Gasteiger partial charge in [0.05, 0.1) is 24.1 Å². The number of benzene rings is 1. The van der Waals surface area contributed by atoms with Crippen LogP contribution in [0.1, 0.15) is 12.1 Å². The summed E-state index contributed by atoms with van der Waals surface area (Å²) < 4.78 is 13.1. The highest BCUT2D eigenvalue weighted by atomic mass is 16.5. The Morgan fingerprint density at radius 3 is 2.88 bits per heavy atom. The molecule has 0 radical (unpaired) electrons. The van der Waals surface area contributed by atoms with Crippen molar-refractivity contribution < 1.29 is 9.47 Å². The molecule has 4 rings (SSSR count). The number of morpholine rings is 1. The Labute approximate surface area is 153 Å². The van der Waals surface area contributed by atoms with E-state index in [1.165, 1.54) is 0 Å². The van der Waals surface area contributed by atoms with E-state index in [2.05, 4.69) is 28.2 Å². The van der Waals surface area contributed by atoms with E-state index in [9.17, 15) is 0 Å². The lowest BCUT2D eigenvalue weighted by Crippen LogP contribution is -2.43. The van der Waals surface area contributed by atoms with Gasteiger partial charge in [-0.05, 0) is 13.3 Å². The second-order valence-electron chi connectivity index (χ2n) is 6.64. The van der Waals surface area contributed by atoms with Crippen LogP contribution >= 0.6 is 0 Å². The Hall–Kier alpha value is -2.44. The molecule has 1 atom stereocenters. The summed E-state index contributed by atoms with van der Waals surface area (Å²) in [5, 5.41) is 4.66. The lowest BCUT2D eigenvalue weighted by atomic mass is 10.1. The van der Waals surface area contributed by atoms with Gasteiger partial charge in [-0.2, -0.15) is 9.61 Å². The van der Waals surface area contributed by atoms with Gasteiger partial charge in [0, 0.05) is 44.5 Å². The van der Waals surface area contributed by atoms with Gasteiger partial charge >= 0.3 is 0 Å². The van der Waals surface area contributed by atoms with Gasteiger partial charge in [-0.3, -0.25) is 0 Å². The van der Waals surface area contributed by atoms with Crippen molar-refractivity contribution in [1.82, 2.24) is 14.6 Å². The number of hydrogen-bond donors (Lipinski definition) is 0. The number of nitrogens with zero attached hydrogens (tertiary/aromatic N) is 4. The summed E-state index contributed by atoms with van der Waals surface area (Å²) in [5.74, 6) is 1.06. The minimum Gasteiger partial charge on any atom is -0.385 e. The number of aromatic nitrogens is 3. The van der Waals surface area contributed by atoms with Gasteiger partial charge in [-0.1, -0.05) is 30.3 Å². The molecular weight excluding hydrogens is 328 g/mol. The maximum absolute atomic E-state index is 5.90. The third-order valence-corrected chi connectivity index (χ3v) is 4.71. The molecule has 1 unspecified atom stereocenters. The van der Waals surface area contributed by atoms with Crippen LogP contribution in [0.25, 0.3) is 16.9 Å². The molecule has 2 aromatic heterocycles. The highest BCUT2D eigenvalue weighted by molar-refractivity contribution is 5.67. The standard InChI is InChI=1S/C20H24N4O2/c1-15-12-19-21-18(16-6-4-3-5-7-16)13-20(24(19)22-15)23-9-11-26-17(14-23)8-10-25-2/h3-7,12-13,17H,8-11,14H2,1-2H3. The SMILES string of the molecule is COCCC1CN(c2cc(-c3ccccc3)nc3cc(C)nn23)CCO1. The molecule has 1 aliphatic heterocycles. The number of ether oxygens (including phenoxy) is 2. The van der Waals surface area contributed by atoms with Crippen molar-refractivity contribution in [2.45, 2.75) is 19.4 Å². The third-order valence-electron chi connectivity index (χ3n) is 4.71. The first-order chi connectivity index (χ1) is 12.7. The van der Waals surface area contributed by atoms with Gasteiger partial charge in [0.1, 0.15) is 5.82 Å². The molecule has 1 saturated heterocycles. The van der Waals surface area contributed by atoms with Crippen molar-refractivity contribution in [2.75, 3.05) is 38.3 Å². The van der Waals surface area contributed by atoms with Crippen molar-refractivity contribution in [1.29, 1.82) is 0 Å². The van der Waals surface area contributed by atoms with Crippen LogP contribution in [0.5, 0.6) is 0 Å².